The van der Waals surface area contributed by atoms with E-state index in [1.807, 2.05) is 0 Å². The Bertz CT molecular complexity index is 522. The molecule has 1 amide bonds. The van der Waals surface area contributed by atoms with E-state index in [-0.39, 0.29) is 23.7 Å². The summed E-state index contributed by atoms with van der Waals surface area (Å²) in [6.45, 7) is 11.4. The van der Waals surface area contributed by atoms with E-state index in [2.05, 4.69) is 42.9 Å². The predicted octanol–water partition coefficient (Wildman–Crippen LogP) is 1.26. The number of nitrogens with two attached hydrogens (primary N) is 1. The number of ether oxygens (including phenoxy) is 1. The van der Waals surface area contributed by atoms with Crippen LogP contribution in [0.3, 0.4) is 0 Å². The van der Waals surface area contributed by atoms with Gasteiger partial charge in [0.05, 0.1) is 17.2 Å². The summed E-state index contributed by atoms with van der Waals surface area (Å²) in [5.41, 5.74) is 5.87. The van der Waals surface area contributed by atoms with Crippen LogP contribution in [0.5, 0.6) is 0 Å². The molecule has 6 nitrogen and oxygen atoms in total. The highest BCUT2D eigenvalue weighted by Gasteiger charge is 2.33. The van der Waals surface area contributed by atoms with Gasteiger partial charge < -0.3 is 15.8 Å². The Labute approximate surface area is 142 Å². The molecule has 0 radical (unpaired) electrons. The summed E-state index contributed by atoms with van der Waals surface area (Å²) in [5.74, 6) is -0.119. The van der Waals surface area contributed by atoms with Crippen molar-refractivity contribution >= 4 is 17.2 Å². The normalized spacial score (nSPS) is 23.0. The van der Waals surface area contributed by atoms with Gasteiger partial charge in [-0.3, -0.25) is 9.69 Å². The van der Waals surface area contributed by atoms with Gasteiger partial charge in [-0.05, 0) is 34.2 Å². The average Bonchev–Trinajstić information content (AvgIpc) is 2.93. The van der Waals surface area contributed by atoms with Crippen LogP contribution in [0.15, 0.2) is 5.38 Å². The lowest BCUT2D eigenvalue weighted by molar-refractivity contribution is -0.0948. The Balaban J connectivity index is 1.91. The number of morpholine rings is 1. The van der Waals surface area contributed by atoms with Crippen molar-refractivity contribution in [2.45, 2.75) is 51.9 Å². The van der Waals surface area contributed by atoms with E-state index >= 15 is 0 Å². The van der Waals surface area contributed by atoms with E-state index in [0.717, 1.165) is 18.1 Å². The second-order valence-electron chi connectivity index (χ2n) is 6.82. The van der Waals surface area contributed by atoms with E-state index in [1.165, 1.54) is 11.3 Å². The molecule has 2 rings (SSSR count). The number of nitrogens with one attached hydrogen (secondary N) is 1. The molecule has 1 saturated heterocycles. The maximum absolute atomic E-state index is 12.3. The van der Waals surface area contributed by atoms with Crippen LogP contribution in [0.2, 0.25) is 0 Å². The zero-order chi connectivity index (χ0) is 17.0. The summed E-state index contributed by atoms with van der Waals surface area (Å²) in [6.07, 6.45) is 1.14. The molecule has 1 aliphatic heterocycles. The maximum Gasteiger partial charge on any atom is 0.270 e. The molecule has 7 heteroatoms. The summed E-state index contributed by atoms with van der Waals surface area (Å²) in [6, 6.07) is 0. The van der Waals surface area contributed by atoms with Gasteiger partial charge in [-0.15, -0.1) is 11.3 Å². The first kappa shape index (κ1) is 18.3. The van der Waals surface area contributed by atoms with Gasteiger partial charge in [0.25, 0.3) is 5.91 Å². The minimum atomic E-state index is -0.127. The standard InChI is InChI=1S/C16H28N4O2S/c1-11-7-20(8-12(2)22-11)16(3,4)10-18-15(21)13-9-23-14(19-13)5-6-17/h9,11-12H,5-8,10,17H2,1-4H3,(H,18,21). The smallest absolute Gasteiger partial charge is 0.270 e. The first-order valence-corrected chi connectivity index (χ1v) is 9.03. The lowest BCUT2D eigenvalue weighted by atomic mass is 10.00. The number of carbonyl (C=O) groups excluding carboxylic acids is 1. The fourth-order valence-electron chi connectivity index (χ4n) is 2.82. The largest absolute Gasteiger partial charge is 0.373 e. The van der Waals surface area contributed by atoms with E-state index < -0.39 is 0 Å². The molecule has 0 bridgehead atoms. The fourth-order valence-corrected chi connectivity index (χ4v) is 3.62. The fraction of sp³-hybridized carbons (Fsp3) is 0.750. The van der Waals surface area contributed by atoms with Crippen molar-refractivity contribution in [1.82, 2.24) is 15.2 Å². The highest BCUT2D eigenvalue weighted by atomic mass is 32.1. The first-order valence-electron chi connectivity index (χ1n) is 8.15. The monoisotopic (exact) mass is 340 g/mol. The number of nitrogens with zero attached hydrogens (tertiary/aromatic N) is 2. The molecule has 2 atom stereocenters. The van der Waals surface area contributed by atoms with E-state index in [0.29, 0.717) is 25.2 Å². The van der Waals surface area contributed by atoms with E-state index in [1.54, 1.807) is 5.38 Å². The lowest BCUT2D eigenvalue weighted by Crippen LogP contribution is -2.58. The summed E-state index contributed by atoms with van der Waals surface area (Å²) in [7, 11) is 0. The van der Waals surface area contributed by atoms with Crippen molar-refractivity contribution in [3.63, 3.8) is 0 Å². The van der Waals surface area contributed by atoms with Crippen molar-refractivity contribution in [2.24, 2.45) is 5.73 Å². The van der Waals surface area contributed by atoms with Crippen LogP contribution >= 0.6 is 11.3 Å². The van der Waals surface area contributed by atoms with Crippen molar-refractivity contribution in [1.29, 1.82) is 0 Å². The Morgan fingerprint density at radius 2 is 2.13 bits per heavy atom. The maximum atomic E-state index is 12.3. The molecule has 2 unspecified atom stereocenters. The van der Waals surface area contributed by atoms with Gasteiger partial charge in [-0.2, -0.15) is 0 Å². The molecule has 3 N–H and O–H groups in total. The predicted molar refractivity (Wildman–Crippen MR) is 92.9 cm³/mol. The minimum absolute atomic E-state index is 0.119. The van der Waals surface area contributed by atoms with Gasteiger partial charge in [0.15, 0.2) is 0 Å². The molecular weight excluding hydrogens is 312 g/mol. The molecule has 0 aromatic carbocycles. The first-order chi connectivity index (χ1) is 10.8. The molecule has 0 spiro atoms. The van der Waals surface area contributed by atoms with Crippen LogP contribution < -0.4 is 11.1 Å². The molecule has 1 aliphatic rings. The zero-order valence-electron chi connectivity index (χ0n) is 14.5. The van der Waals surface area contributed by atoms with E-state index in [4.69, 9.17) is 10.5 Å². The lowest BCUT2D eigenvalue weighted by Gasteiger charge is -2.45. The van der Waals surface area contributed by atoms with Gasteiger partial charge in [-0.25, -0.2) is 4.98 Å². The highest BCUT2D eigenvalue weighted by Crippen LogP contribution is 2.21. The van der Waals surface area contributed by atoms with Crippen LogP contribution in [0.25, 0.3) is 0 Å². The molecule has 1 fully saturated rings. The van der Waals surface area contributed by atoms with Crippen molar-refractivity contribution in [2.75, 3.05) is 26.2 Å². The Hall–Kier alpha value is -1.02. The van der Waals surface area contributed by atoms with Crippen LogP contribution in [0.1, 0.15) is 43.2 Å². The molecule has 2 heterocycles. The second kappa shape index (κ2) is 7.70. The van der Waals surface area contributed by atoms with Gasteiger partial charge in [0, 0.05) is 37.0 Å². The van der Waals surface area contributed by atoms with Crippen LogP contribution in [0, 0.1) is 0 Å². The highest BCUT2D eigenvalue weighted by molar-refractivity contribution is 7.09. The Kier molecular flexibility index (Phi) is 6.13. The van der Waals surface area contributed by atoms with Crippen LogP contribution in [-0.2, 0) is 11.2 Å². The molecule has 1 aromatic rings. The summed E-state index contributed by atoms with van der Waals surface area (Å²) in [4.78, 5) is 19.0. The summed E-state index contributed by atoms with van der Waals surface area (Å²) in [5, 5.41) is 5.72. The van der Waals surface area contributed by atoms with Crippen molar-refractivity contribution < 1.29 is 9.53 Å². The summed E-state index contributed by atoms with van der Waals surface area (Å²) >= 11 is 1.49. The molecule has 23 heavy (non-hydrogen) atoms. The van der Waals surface area contributed by atoms with Crippen LogP contribution in [0.4, 0.5) is 0 Å². The quantitative estimate of drug-likeness (QED) is 0.815. The van der Waals surface area contributed by atoms with Gasteiger partial charge >= 0.3 is 0 Å². The SMILES string of the molecule is CC1CN(C(C)(C)CNC(=O)c2csc(CCN)n2)CC(C)O1. The number of rotatable bonds is 6. The van der Waals surface area contributed by atoms with Gasteiger partial charge in [-0.1, -0.05) is 0 Å². The minimum Gasteiger partial charge on any atom is -0.373 e. The Morgan fingerprint density at radius 1 is 1.48 bits per heavy atom. The number of amides is 1. The molecule has 0 aliphatic carbocycles. The third-order valence-electron chi connectivity index (χ3n) is 4.10. The molecule has 0 saturated carbocycles. The van der Waals surface area contributed by atoms with Gasteiger partial charge in [0.2, 0.25) is 0 Å². The number of aromatic nitrogens is 1. The second-order valence-corrected chi connectivity index (χ2v) is 7.77. The Morgan fingerprint density at radius 3 is 2.74 bits per heavy atom. The third-order valence-corrected chi connectivity index (χ3v) is 5.01. The van der Waals surface area contributed by atoms with E-state index in [9.17, 15) is 4.79 Å². The topological polar surface area (TPSA) is 80.5 Å². The zero-order valence-corrected chi connectivity index (χ0v) is 15.3. The summed E-state index contributed by atoms with van der Waals surface area (Å²) < 4.78 is 5.78. The number of thiazole rings is 1. The average molecular weight is 340 g/mol. The van der Waals surface area contributed by atoms with Crippen molar-refractivity contribution in [3.05, 3.63) is 16.1 Å². The molecular formula is C16H28N4O2S. The molecule has 130 valence electrons. The third kappa shape index (κ3) is 4.97. The molecule has 1 aromatic heterocycles. The van der Waals surface area contributed by atoms with Crippen molar-refractivity contribution in [3.8, 4) is 0 Å². The number of hydrogen-bond donors (Lipinski definition) is 2. The number of carbonyl (C=O) groups is 1. The number of hydrogen-bond acceptors (Lipinski definition) is 6. The van der Waals surface area contributed by atoms with Gasteiger partial charge in [0.1, 0.15) is 5.69 Å². The van der Waals surface area contributed by atoms with Crippen LogP contribution in [-0.4, -0.2) is 59.7 Å².